The summed E-state index contributed by atoms with van der Waals surface area (Å²) in [4.78, 5) is 0. The van der Waals surface area contributed by atoms with Gasteiger partial charge in [-0.3, -0.25) is 0 Å². The predicted octanol–water partition coefficient (Wildman–Crippen LogP) is 4.85. The summed E-state index contributed by atoms with van der Waals surface area (Å²) < 4.78 is 33.2. The normalized spacial score (nSPS) is 12.3. The summed E-state index contributed by atoms with van der Waals surface area (Å²) in [6.45, 7) is 3.37. The Kier molecular flexibility index (Phi) is 4.40. The fraction of sp³-hybridized carbons (Fsp3) is 0.200. The van der Waals surface area contributed by atoms with Crippen LogP contribution in [0.2, 0.25) is 0 Å². The van der Waals surface area contributed by atoms with Crippen LogP contribution < -0.4 is 10.5 Å². The van der Waals surface area contributed by atoms with E-state index < -0.39 is 11.9 Å². The van der Waals surface area contributed by atoms with Crippen LogP contribution in [0.3, 0.4) is 0 Å². The van der Waals surface area contributed by atoms with Crippen molar-refractivity contribution in [1.29, 1.82) is 0 Å². The second-order valence-electron chi connectivity index (χ2n) is 4.64. The van der Waals surface area contributed by atoms with Crippen molar-refractivity contribution in [1.82, 2.24) is 0 Å². The van der Waals surface area contributed by atoms with Gasteiger partial charge in [0.05, 0.1) is 0 Å². The van der Waals surface area contributed by atoms with Gasteiger partial charge in [-0.2, -0.15) is 0 Å². The summed E-state index contributed by atoms with van der Waals surface area (Å²) in [5.74, 6) is -0.0122. The average molecular weight is 342 g/mol. The minimum Gasteiger partial charge on any atom is -0.457 e. The van der Waals surface area contributed by atoms with Crippen molar-refractivity contribution < 1.29 is 13.5 Å². The van der Waals surface area contributed by atoms with Gasteiger partial charge in [0.25, 0.3) is 0 Å². The molecule has 0 aliphatic rings. The summed E-state index contributed by atoms with van der Waals surface area (Å²) in [5.41, 5.74) is 6.80. The lowest BCUT2D eigenvalue weighted by molar-refractivity contribution is 0.463. The largest absolute Gasteiger partial charge is 0.457 e. The Bertz CT molecular complexity index is 624. The zero-order chi connectivity index (χ0) is 14.9. The number of ether oxygens (including phenoxy) is 1. The predicted molar refractivity (Wildman–Crippen MR) is 77.9 cm³/mol. The molecule has 0 heterocycles. The van der Waals surface area contributed by atoms with Crippen molar-refractivity contribution in [3.63, 3.8) is 0 Å². The van der Waals surface area contributed by atoms with E-state index in [1.165, 1.54) is 18.2 Å². The van der Waals surface area contributed by atoms with E-state index in [1.54, 1.807) is 26.0 Å². The highest BCUT2D eigenvalue weighted by atomic mass is 79.9. The first kappa shape index (κ1) is 14.9. The van der Waals surface area contributed by atoms with Gasteiger partial charge in [0, 0.05) is 22.1 Å². The van der Waals surface area contributed by atoms with Crippen molar-refractivity contribution in [3.05, 3.63) is 57.6 Å². The van der Waals surface area contributed by atoms with Crippen LogP contribution in [0.25, 0.3) is 0 Å². The molecule has 2 nitrogen and oxygen atoms in total. The van der Waals surface area contributed by atoms with Crippen molar-refractivity contribution >= 4 is 15.9 Å². The van der Waals surface area contributed by atoms with Gasteiger partial charge in [-0.15, -0.1) is 0 Å². The van der Waals surface area contributed by atoms with Crippen LogP contribution in [-0.2, 0) is 0 Å². The van der Waals surface area contributed by atoms with Crippen LogP contribution in [0.15, 0.2) is 34.8 Å². The molecule has 0 amide bonds. The second kappa shape index (κ2) is 5.89. The molecular weight excluding hydrogens is 328 g/mol. The fourth-order valence-corrected chi connectivity index (χ4v) is 2.27. The molecule has 1 atom stereocenters. The molecule has 0 aliphatic heterocycles. The molecule has 0 fully saturated rings. The lowest BCUT2D eigenvalue weighted by atomic mass is 10.1. The van der Waals surface area contributed by atoms with E-state index in [0.29, 0.717) is 27.1 Å². The van der Waals surface area contributed by atoms with Gasteiger partial charge in [0.1, 0.15) is 23.1 Å². The van der Waals surface area contributed by atoms with E-state index in [-0.39, 0.29) is 5.82 Å². The van der Waals surface area contributed by atoms with Gasteiger partial charge in [0.2, 0.25) is 0 Å². The van der Waals surface area contributed by atoms with E-state index in [0.717, 1.165) is 0 Å². The smallest absolute Gasteiger partial charge is 0.132 e. The molecule has 106 valence electrons. The molecule has 5 heteroatoms. The number of hydrogen-bond acceptors (Lipinski definition) is 2. The van der Waals surface area contributed by atoms with Gasteiger partial charge in [0.15, 0.2) is 0 Å². The van der Waals surface area contributed by atoms with Crippen molar-refractivity contribution in [2.24, 2.45) is 5.73 Å². The fourth-order valence-electron chi connectivity index (χ4n) is 1.83. The molecule has 2 aromatic rings. The molecule has 0 saturated heterocycles. The van der Waals surface area contributed by atoms with Crippen LogP contribution >= 0.6 is 15.9 Å². The second-order valence-corrected chi connectivity index (χ2v) is 5.55. The Hall–Kier alpha value is -1.46. The van der Waals surface area contributed by atoms with Crippen LogP contribution in [0, 0.1) is 18.6 Å². The molecular formula is C15H14BrF2NO. The van der Waals surface area contributed by atoms with E-state index in [9.17, 15) is 8.78 Å². The van der Waals surface area contributed by atoms with E-state index >= 15 is 0 Å². The van der Waals surface area contributed by atoms with Gasteiger partial charge in [-0.25, -0.2) is 8.78 Å². The third-order valence-electron chi connectivity index (χ3n) is 2.85. The third kappa shape index (κ3) is 3.35. The summed E-state index contributed by atoms with van der Waals surface area (Å²) in [6.07, 6.45) is 0. The van der Waals surface area contributed by atoms with Crippen molar-refractivity contribution in [2.45, 2.75) is 19.9 Å². The van der Waals surface area contributed by atoms with Crippen LogP contribution in [0.5, 0.6) is 11.5 Å². The lowest BCUT2D eigenvalue weighted by Crippen LogP contribution is -2.08. The van der Waals surface area contributed by atoms with E-state index in [4.69, 9.17) is 10.5 Å². The van der Waals surface area contributed by atoms with Gasteiger partial charge in [-0.1, -0.05) is 15.9 Å². The molecule has 2 rings (SSSR count). The minimum absolute atomic E-state index is 0.324. The molecule has 0 unspecified atom stereocenters. The van der Waals surface area contributed by atoms with Crippen molar-refractivity contribution in [2.75, 3.05) is 0 Å². The Labute approximate surface area is 124 Å². The van der Waals surface area contributed by atoms with E-state index in [2.05, 4.69) is 15.9 Å². The molecule has 0 bridgehead atoms. The van der Waals surface area contributed by atoms with Gasteiger partial charge < -0.3 is 10.5 Å². The zero-order valence-corrected chi connectivity index (χ0v) is 12.7. The first-order valence-corrected chi connectivity index (χ1v) is 6.85. The van der Waals surface area contributed by atoms with Crippen LogP contribution in [0.4, 0.5) is 8.78 Å². The molecule has 0 radical (unpaired) electrons. The number of benzene rings is 2. The maximum atomic E-state index is 13.6. The molecule has 0 spiro atoms. The molecule has 0 aliphatic carbocycles. The van der Waals surface area contributed by atoms with Crippen LogP contribution in [0.1, 0.15) is 24.1 Å². The van der Waals surface area contributed by atoms with Gasteiger partial charge in [-0.05, 0) is 43.7 Å². The number of hydrogen-bond donors (Lipinski definition) is 1. The minimum atomic E-state index is -0.421. The van der Waals surface area contributed by atoms with E-state index in [1.807, 2.05) is 0 Å². The molecule has 2 N–H and O–H groups in total. The SMILES string of the molecule is Cc1cc(Oc2cc(F)cc(Br)c2)c([C@@H](C)N)cc1F. The third-order valence-corrected chi connectivity index (χ3v) is 3.30. The summed E-state index contributed by atoms with van der Waals surface area (Å²) >= 11 is 3.20. The maximum Gasteiger partial charge on any atom is 0.132 e. The Morgan fingerprint density at radius 3 is 2.45 bits per heavy atom. The van der Waals surface area contributed by atoms with Crippen LogP contribution in [-0.4, -0.2) is 0 Å². The summed E-state index contributed by atoms with van der Waals surface area (Å²) in [5, 5.41) is 0. The highest BCUT2D eigenvalue weighted by Gasteiger charge is 2.13. The Morgan fingerprint density at radius 1 is 1.15 bits per heavy atom. The first-order valence-electron chi connectivity index (χ1n) is 6.06. The molecule has 20 heavy (non-hydrogen) atoms. The monoisotopic (exact) mass is 341 g/mol. The van der Waals surface area contributed by atoms with Crippen molar-refractivity contribution in [3.8, 4) is 11.5 Å². The topological polar surface area (TPSA) is 35.2 Å². The summed E-state index contributed by atoms with van der Waals surface area (Å²) in [7, 11) is 0. The number of aryl methyl sites for hydroxylation is 1. The highest BCUT2D eigenvalue weighted by molar-refractivity contribution is 9.10. The van der Waals surface area contributed by atoms with Gasteiger partial charge >= 0.3 is 0 Å². The number of halogens is 3. The molecule has 0 aromatic heterocycles. The first-order chi connectivity index (χ1) is 9.36. The molecule has 2 aromatic carbocycles. The highest BCUT2D eigenvalue weighted by Crippen LogP contribution is 2.32. The number of rotatable bonds is 3. The maximum absolute atomic E-state index is 13.6. The standard InChI is InChI=1S/C15H14BrF2NO/c1-8-3-15(13(9(2)19)7-14(8)18)20-12-5-10(16)4-11(17)6-12/h3-7,9H,19H2,1-2H3/t9-/m1/s1. The number of nitrogens with two attached hydrogens (primary N) is 1. The quantitative estimate of drug-likeness (QED) is 0.866. The average Bonchev–Trinajstić information content (AvgIpc) is 2.31. The lowest BCUT2D eigenvalue weighted by Gasteiger charge is -2.15. The Balaban J connectivity index is 2.44. The summed E-state index contributed by atoms with van der Waals surface area (Å²) in [6, 6.07) is 6.74. The molecule has 0 saturated carbocycles. The Morgan fingerprint density at radius 2 is 1.85 bits per heavy atom. The zero-order valence-electron chi connectivity index (χ0n) is 11.1.